The van der Waals surface area contributed by atoms with E-state index >= 15 is 0 Å². The first-order chi connectivity index (χ1) is 7.67. The van der Waals surface area contributed by atoms with Crippen molar-refractivity contribution in [3.8, 4) is 6.07 Å². The minimum absolute atomic E-state index is 0.219. The van der Waals surface area contributed by atoms with E-state index in [1.165, 1.54) is 7.11 Å². The van der Waals surface area contributed by atoms with Crippen molar-refractivity contribution in [1.29, 1.82) is 5.26 Å². The normalized spacial score (nSPS) is 9.56. The van der Waals surface area contributed by atoms with Crippen LogP contribution in [0.3, 0.4) is 0 Å². The fraction of sp³-hybridized carbons (Fsp3) is 0.385. The van der Waals surface area contributed by atoms with Crippen molar-refractivity contribution in [2.75, 3.05) is 7.11 Å². The van der Waals surface area contributed by atoms with Crippen molar-refractivity contribution in [3.05, 3.63) is 34.9 Å². The van der Waals surface area contributed by atoms with E-state index < -0.39 is 0 Å². The molecule has 0 fully saturated rings. The molecule has 0 bridgehead atoms. The summed E-state index contributed by atoms with van der Waals surface area (Å²) in [6.07, 6.45) is 1.38. The molecule has 1 aromatic carbocycles. The van der Waals surface area contributed by atoms with Crippen LogP contribution in [0, 0.1) is 18.3 Å². The maximum absolute atomic E-state index is 11.0. The molecule has 0 atom stereocenters. The van der Waals surface area contributed by atoms with Gasteiger partial charge in [-0.2, -0.15) is 5.26 Å². The molecule has 0 heterocycles. The lowest BCUT2D eigenvalue weighted by Crippen LogP contribution is -2.03. The fourth-order valence-corrected chi connectivity index (χ4v) is 1.59. The van der Waals surface area contributed by atoms with Gasteiger partial charge in [0.1, 0.15) is 0 Å². The standard InChI is InChI=1S/C13H15NO2/c1-10-3-4-11(5-6-13(15)16-2)12(9-10)7-8-14/h3-4,9H,5-7H2,1-2H3. The summed E-state index contributed by atoms with van der Waals surface area (Å²) in [6.45, 7) is 1.99. The van der Waals surface area contributed by atoms with Crippen LogP contribution < -0.4 is 0 Å². The van der Waals surface area contributed by atoms with Crippen LogP contribution in [-0.2, 0) is 22.4 Å². The predicted octanol–water partition coefficient (Wildman–Crippen LogP) is 2.17. The topological polar surface area (TPSA) is 50.1 Å². The average molecular weight is 217 g/mol. The first-order valence-electron chi connectivity index (χ1n) is 5.19. The zero-order valence-electron chi connectivity index (χ0n) is 9.62. The molecule has 0 aliphatic heterocycles. The molecule has 0 amide bonds. The molecule has 3 nitrogen and oxygen atoms in total. The van der Waals surface area contributed by atoms with Gasteiger partial charge < -0.3 is 4.74 Å². The van der Waals surface area contributed by atoms with Gasteiger partial charge in [-0.3, -0.25) is 4.79 Å². The lowest BCUT2D eigenvalue weighted by molar-refractivity contribution is -0.140. The van der Waals surface area contributed by atoms with Crippen molar-refractivity contribution >= 4 is 5.97 Å². The van der Waals surface area contributed by atoms with Crippen LogP contribution in [0.5, 0.6) is 0 Å². The van der Waals surface area contributed by atoms with E-state index in [1.54, 1.807) is 0 Å². The average Bonchev–Trinajstić information content (AvgIpc) is 2.28. The molecule has 3 heteroatoms. The Morgan fingerprint density at radius 1 is 1.44 bits per heavy atom. The number of hydrogen-bond donors (Lipinski definition) is 0. The number of carbonyl (C=O) groups excluding carboxylic acids is 1. The molecule has 1 aromatic rings. The Hall–Kier alpha value is -1.82. The quantitative estimate of drug-likeness (QED) is 0.726. The molecule has 0 aromatic heterocycles. The molecule has 84 valence electrons. The van der Waals surface area contributed by atoms with Crippen LogP contribution in [0.2, 0.25) is 0 Å². The number of carbonyl (C=O) groups is 1. The monoisotopic (exact) mass is 217 g/mol. The van der Waals surface area contributed by atoms with Gasteiger partial charge in [-0.05, 0) is 24.5 Å². The Labute approximate surface area is 95.7 Å². The van der Waals surface area contributed by atoms with Gasteiger partial charge in [0.05, 0.1) is 19.6 Å². The highest BCUT2D eigenvalue weighted by atomic mass is 16.5. The smallest absolute Gasteiger partial charge is 0.305 e. The molecule has 16 heavy (non-hydrogen) atoms. The fourth-order valence-electron chi connectivity index (χ4n) is 1.59. The van der Waals surface area contributed by atoms with Gasteiger partial charge in [0.2, 0.25) is 0 Å². The molecule has 0 radical (unpaired) electrons. The van der Waals surface area contributed by atoms with Gasteiger partial charge in [0.15, 0.2) is 0 Å². The number of nitrogens with zero attached hydrogens (tertiary/aromatic N) is 1. The predicted molar refractivity (Wildman–Crippen MR) is 60.8 cm³/mol. The molecule has 0 saturated carbocycles. The van der Waals surface area contributed by atoms with E-state index in [9.17, 15) is 4.79 Å². The number of nitriles is 1. The number of rotatable bonds is 4. The summed E-state index contributed by atoms with van der Waals surface area (Å²) in [4.78, 5) is 11.0. The van der Waals surface area contributed by atoms with Gasteiger partial charge in [0, 0.05) is 6.42 Å². The Balaban J connectivity index is 2.78. The minimum atomic E-state index is -0.219. The SMILES string of the molecule is COC(=O)CCc1ccc(C)cc1CC#N. The van der Waals surface area contributed by atoms with Gasteiger partial charge in [-0.1, -0.05) is 23.8 Å². The summed E-state index contributed by atoms with van der Waals surface area (Å²) in [5.41, 5.74) is 3.19. The summed E-state index contributed by atoms with van der Waals surface area (Å²) in [5, 5.41) is 8.72. The molecular formula is C13H15NO2. The first-order valence-corrected chi connectivity index (χ1v) is 5.19. The third-order valence-corrected chi connectivity index (χ3v) is 2.46. The molecule has 1 rings (SSSR count). The zero-order chi connectivity index (χ0) is 12.0. The molecule has 0 saturated heterocycles. The van der Waals surface area contributed by atoms with Crippen LogP contribution in [0.4, 0.5) is 0 Å². The molecule has 0 aliphatic rings. The van der Waals surface area contributed by atoms with E-state index in [0.717, 1.165) is 16.7 Å². The van der Waals surface area contributed by atoms with E-state index in [2.05, 4.69) is 10.8 Å². The lowest BCUT2D eigenvalue weighted by atomic mass is 9.99. The summed E-state index contributed by atoms with van der Waals surface area (Å²) in [7, 11) is 1.38. The molecule has 0 unspecified atom stereocenters. The third kappa shape index (κ3) is 3.39. The number of hydrogen-bond acceptors (Lipinski definition) is 3. The van der Waals surface area contributed by atoms with Crippen LogP contribution >= 0.6 is 0 Å². The highest BCUT2D eigenvalue weighted by Gasteiger charge is 2.06. The number of methoxy groups -OCH3 is 1. The Morgan fingerprint density at radius 3 is 2.81 bits per heavy atom. The second-order valence-electron chi connectivity index (χ2n) is 3.68. The van der Waals surface area contributed by atoms with Gasteiger partial charge >= 0.3 is 5.97 Å². The molecule has 0 aliphatic carbocycles. The van der Waals surface area contributed by atoms with Crippen LogP contribution in [0.15, 0.2) is 18.2 Å². The van der Waals surface area contributed by atoms with Crippen molar-refractivity contribution in [2.24, 2.45) is 0 Å². The van der Waals surface area contributed by atoms with E-state index in [-0.39, 0.29) is 5.97 Å². The van der Waals surface area contributed by atoms with Crippen molar-refractivity contribution in [2.45, 2.75) is 26.2 Å². The number of esters is 1. The number of benzene rings is 1. The Morgan fingerprint density at radius 2 is 2.19 bits per heavy atom. The highest BCUT2D eigenvalue weighted by Crippen LogP contribution is 2.14. The summed E-state index contributed by atoms with van der Waals surface area (Å²) >= 11 is 0. The number of aryl methyl sites for hydroxylation is 2. The summed E-state index contributed by atoms with van der Waals surface area (Å²) < 4.78 is 4.59. The van der Waals surface area contributed by atoms with E-state index in [4.69, 9.17) is 5.26 Å². The van der Waals surface area contributed by atoms with Crippen molar-refractivity contribution in [1.82, 2.24) is 0 Å². The first kappa shape index (κ1) is 12.3. The van der Waals surface area contributed by atoms with E-state index in [1.807, 2.05) is 25.1 Å². The lowest BCUT2D eigenvalue weighted by Gasteiger charge is -2.07. The number of ether oxygens (including phenoxy) is 1. The zero-order valence-corrected chi connectivity index (χ0v) is 9.62. The summed E-state index contributed by atoms with van der Waals surface area (Å²) in [6, 6.07) is 8.10. The largest absolute Gasteiger partial charge is 0.469 e. The van der Waals surface area contributed by atoms with E-state index in [0.29, 0.717) is 19.3 Å². The summed E-state index contributed by atoms with van der Waals surface area (Å²) in [5.74, 6) is -0.219. The van der Waals surface area contributed by atoms with Crippen LogP contribution in [0.1, 0.15) is 23.1 Å². The van der Waals surface area contributed by atoms with Gasteiger partial charge in [-0.15, -0.1) is 0 Å². The van der Waals surface area contributed by atoms with Crippen LogP contribution in [-0.4, -0.2) is 13.1 Å². The van der Waals surface area contributed by atoms with Crippen molar-refractivity contribution < 1.29 is 9.53 Å². The van der Waals surface area contributed by atoms with Gasteiger partial charge in [-0.25, -0.2) is 0 Å². The third-order valence-electron chi connectivity index (χ3n) is 2.46. The minimum Gasteiger partial charge on any atom is -0.469 e. The van der Waals surface area contributed by atoms with Crippen LogP contribution in [0.25, 0.3) is 0 Å². The second-order valence-corrected chi connectivity index (χ2v) is 3.68. The maximum Gasteiger partial charge on any atom is 0.305 e. The van der Waals surface area contributed by atoms with Crippen molar-refractivity contribution in [3.63, 3.8) is 0 Å². The molecular weight excluding hydrogens is 202 g/mol. The van der Waals surface area contributed by atoms with Gasteiger partial charge in [0.25, 0.3) is 0 Å². The Bertz CT molecular complexity index is 418. The highest BCUT2D eigenvalue weighted by molar-refractivity contribution is 5.69. The molecule has 0 spiro atoms. The second kappa shape index (κ2) is 5.92. The Kier molecular flexibility index (Phi) is 4.53. The maximum atomic E-state index is 11.0. The molecule has 0 N–H and O–H groups in total.